The molecule has 0 N–H and O–H groups in total. The molecule has 62 heavy (non-hydrogen) atoms. The van der Waals surface area contributed by atoms with E-state index in [1.54, 1.807) is 0 Å². The Morgan fingerprint density at radius 3 is 1.19 bits per heavy atom. The van der Waals surface area contributed by atoms with Gasteiger partial charge in [0.2, 0.25) is 0 Å². The maximum absolute atomic E-state index is 6.85. The zero-order valence-electron chi connectivity index (χ0n) is 34.0. The second-order valence-corrected chi connectivity index (χ2v) is 20.2. The number of benzene rings is 11. The molecule has 11 aromatic carbocycles. The molecule has 0 aliphatic carbocycles. The highest BCUT2D eigenvalue weighted by atomic mass is 28.3. The van der Waals surface area contributed by atoms with E-state index in [0.717, 1.165) is 33.1 Å². The summed E-state index contributed by atoms with van der Waals surface area (Å²) in [6.45, 7) is 0. The van der Waals surface area contributed by atoms with E-state index >= 15 is 0 Å². The second-order valence-electron chi connectivity index (χ2n) is 16.4. The van der Waals surface area contributed by atoms with E-state index in [-0.39, 0.29) is 0 Å². The van der Waals surface area contributed by atoms with E-state index in [1.165, 1.54) is 75.3 Å². The third-order valence-corrected chi connectivity index (χ3v) is 17.8. The zero-order chi connectivity index (χ0) is 41.0. The first-order valence-corrected chi connectivity index (χ1v) is 23.4. The number of hydrogen-bond donors (Lipinski definition) is 0. The van der Waals surface area contributed by atoms with E-state index in [1.807, 2.05) is 0 Å². The summed E-state index contributed by atoms with van der Waals surface area (Å²) < 4.78 is 6.85. The predicted octanol–water partition coefficient (Wildman–Crippen LogP) is 13.4. The topological polar surface area (TPSA) is 13.1 Å². The fourth-order valence-electron chi connectivity index (χ4n) is 10.2. The van der Waals surface area contributed by atoms with Crippen molar-refractivity contribution in [1.82, 2.24) is 0 Å². The fraction of sp³-hybridized carbons (Fsp3) is 0. The van der Waals surface area contributed by atoms with Gasteiger partial charge in [-0.2, -0.15) is 0 Å². The van der Waals surface area contributed by atoms with Crippen LogP contribution in [0.2, 0.25) is 0 Å². The summed E-state index contributed by atoms with van der Waals surface area (Å²) in [5, 5.41) is 15.1. The van der Waals surface area contributed by atoms with Crippen LogP contribution in [0.3, 0.4) is 0 Å². The molecule has 0 spiro atoms. The molecule has 0 aliphatic rings. The van der Waals surface area contributed by atoms with Crippen LogP contribution in [0.25, 0.3) is 87.6 Å². The minimum Gasteiger partial charge on any atom is -0.456 e. The molecule has 2 heteroatoms. The highest BCUT2D eigenvalue weighted by Gasteiger charge is 2.41. The van der Waals surface area contributed by atoms with E-state index in [9.17, 15) is 0 Å². The molecule has 12 aromatic rings. The Morgan fingerprint density at radius 1 is 0.242 bits per heavy atom. The van der Waals surface area contributed by atoms with Gasteiger partial charge in [0.05, 0.1) is 0 Å². The van der Waals surface area contributed by atoms with Crippen molar-refractivity contribution >= 4 is 83.1 Å². The van der Waals surface area contributed by atoms with Gasteiger partial charge >= 0.3 is 0 Å². The van der Waals surface area contributed by atoms with Gasteiger partial charge in [-0.15, -0.1) is 0 Å². The van der Waals surface area contributed by atoms with Crippen molar-refractivity contribution in [1.29, 1.82) is 0 Å². The van der Waals surface area contributed by atoms with E-state index in [4.69, 9.17) is 4.42 Å². The van der Waals surface area contributed by atoms with Crippen molar-refractivity contribution < 1.29 is 4.42 Å². The van der Waals surface area contributed by atoms with Crippen LogP contribution >= 0.6 is 0 Å². The summed E-state index contributed by atoms with van der Waals surface area (Å²) in [6, 6.07) is 89.3. The number of fused-ring (bicyclic) bond motifs is 6. The van der Waals surface area contributed by atoms with E-state index in [2.05, 4.69) is 243 Å². The molecule has 0 radical (unpaired) electrons. The van der Waals surface area contributed by atoms with Crippen molar-refractivity contribution in [3.63, 3.8) is 0 Å². The molecular weight excluding hydrogens is 765 g/mol. The highest BCUT2D eigenvalue weighted by molar-refractivity contribution is 7.19. The normalized spacial score (nSPS) is 11.9. The summed E-state index contributed by atoms with van der Waals surface area (Å²) in [5.74, 6) is 0. The SMILES string of the molecule is c1ccc([Si](c2ccccc2)(c2ccccc2)c2cccc(-c3ccc4c(c3)oc3cc(-c5c6ccccc6c(-c6ccc7ccccc7c6)c6ccccc56)ccc34)c2)cc1. The molecule has 1 aromatic heterocycles. The minimum atomic E-state index is -2.68. The highest BCUT2D eigenvalue weighted by Crippen LogP contribution is 2.45. The summed E-state index contributed by atoms with van der Waals surface area (Å²) in [6.07, 6.45) is 0. The third kappa shape index (κ3) is 5.76. The summed E-state index contributed by atoms with van der Waals surface area (Å²) in [7, 11) is -2.68. The minimum absolute atomic E-state index is 0.888. The Bertz CT molecular complexity index is 3470. The Morgan fingerprint density at radius 2 is 0.645 bits per heavy atom. The largest absolute Gasteiger partial charge is 0.456 e. The standard InChI is InChI=1S/C60H40OSi/c1-4-20-47(21-5-1)62(48-22-6-2-7-23-48,49-24-8-3-9-25-49)50-26-16-19-43(38-50)44-33-35-51-52-36-34-46(40-58(52)61-57(51)39-44)60-55-29-14-12-27-53(55)59(54-28-13-15-30-56(54)60)45-32-31-41-17-10-11-18-42(41)37-45/h1-40H. The van der Waals surface area contributed by atoms with Gasteiger partial charge in [-0.3, -0.25) is 0 Å². The van der Waals surface area contributed by atoms with Gasteiger partial charge < -0.3 is 4.42 Å². The van der Waals surface area contributed by atoms with E-state index < -0.39 is 8.07 Å². The average molecular weight is 805 g/mol. The summed E-state index contributed by atoms with van der Waals surface area (Å²) in [5.41, 5.74) is 8.95. The Kier molecular flexibility index (Phi) is 8.58. The van der Waals surface area contributed by atoms with Crippen molar-refractivity contribution in [2.45, 2.75) is 0 Å². The first kappa shape index (κ1) is 36.1. The molecule has 0 amide bonds. The van der Waals surface area contributed by atoms with Gasteiger partial charge in [0, 0.05) is 10.8 Å². The Labute approximate surface area is 361 Å². The predicted molar refractivity (Wildman–Crippen MR) is 266 cm³/mol. The molecule has 0 fully saturated rings. The van der Waals surface area contributed by atoms with Crippen LogP contribution in [0.5, 0.6) is 0 Å². The second kappa shape index (κ2) is 14.7. The molecule has 290 valence electrons. The van der Waals surface area contributed by atoms with Crippen LogP contribution in [0.15, 0.2) is 247 Å². The lowest BCUT2D eigenvalue weighted by atomic mass is 9.85. The maximum Gasteiger partial charge on any atom is 0.179 e. The first-order chi connectivity index (χ1) is 30.7. The Hall–Kier alpha value is -7.78. The van der Waals surface area contributed by atoms with Crippen molar-refractivity contribution in [2.24, 2.45) is 0 Å². The molecule has 1 nitrogen and oxygen atoms in total. The number of hydrogen-bond acceptors (Lipinski definition) is 1. The molecule has 0 saturated carbocycles. The van der Waals surface area contributed by atoms with E-state index in [0.29, 0.717) is 0 Å². The zero-order valence-corrected chi connectivity index (χ0v) is 35.0. The fourth-order valence-corrected chi connectivity index (χ4v) is 15.0. The van der Waals surface area contributed by atoms with Gasteiger partial charge in [-0.25, -0.2) is 0 Å². The van der Waals surface area contributed by atoms with Crippen LogP contribution in [0.1, 0.15) is 0 Å². The Balaban J connectivity index is 0.996. The third-order valence-electron chi connectivity index (χ3n) is 13.0. The lowest BCUT2D eigenvalue weighted by Gasteiger charge is -2.34. The van der Waals surface area contributed by atoms with Crippen molar-refractivity contribution in [2.75, 3.05) is 0 Å². The maximum atomic E-state index is 6.85. The average Bonchev–Trinajstić information content (AvgIpc) is 3.72. The molecule has 0 saturated heterocycles. The summed E-state index contributed by atoms with van der Waals surface area (Å²) >= 11 is 0. The lowest BCUT2D eigenvalue weighted by Crippen LogP contribution is -2.74. The molecule has 0 atom stereocenters. The van der Waals surface area contributed by atoms with Gasteiger partial charge in [0.1, 0.15) is 11.2 Å². The molecule has 0 unspecified atom stereocenters. The van der Waals surface area contributed by atoms with Gasteiger partial charge in [-0.1, -0.05) is 212 Å². The monoisotopic (exact) mass is 804 g/mol. The van der Waals surface area contributed by atoms with Crippen molar-refractivity contribution in [3.05, 3.63) is 243 Å². The molecular formula is C60H40OSi. The van der Waals surface area contributed by atoms with Gasteiger partial charge in [-0.05, 0) is 117 Å². The molecule has 0 bridgehead atoms. The molecule has 12 rings (SSSR count). The molecule has 1 heterocycles. The lowest BCUT2D eigenvalue weighted by molar-refractivity contribution is 0.669. The van der Waals surface area contributed by atoms with Crippen LogP contribution in [-0.4, -0.2) is 8.07 Å². The number of furan rings is 1. The van der Waals surface area contributed by atoms with Crippen LogP contribution < -0.4 is 20.7 Å². The van der Waals surface area contributed by atoms with Crippen molar-refractivity contribution in [3.8, 4) is 33.4 Å². The quantitative estimate of drug-likeness (QED) is 0.0888. The summed E-state index contributed by atoms with van der Waals surface area (Å²) in [4.78, 5) is 0. The smallest absolute Gasteiger partial charge is 0.179 e. The first-order valence-electron chi connectivity index (χ1n) is 21.4. The van der Waals surface area contributed by atoms with Gasteiger partial charge in [0.15, 0.2) is 8.07 Å². The number of rotatable bonds is 7. The van der Waals surface area contributed by atoms with Crippen LogP contribution in [-0.2, 0) is 0 Å². The van der Waals surface area contributed by atoms with Gasteiger partial charge in [0.25, 0.3) is 0 Å². The molecule has 0 aliphatic heterocycles. The van der Waals surface area contributed by atoms with Crippen LogP contribution in [0.4, 0.5) is 0 Å². The van der Waals surface area contributed by atoms with Crippen LogP contribution in [0, 0.1) is 0 Å².